The fraction of sp³-hybridized carbons (Fsp3) is 0.278. The molecule has 4 rings (SSSR count). The summed E-state index contributed by atoms with van der Waals surface area (Å²) in [6.45, 7) is 4.13. The van der Waals surface area contributed by atoms with E-state index in [2.05, 4.69) is 10.3 Å². The second kappa shape index (κ2) is 6.14. The Balaban J connectivity index is 1.59. The van der Waals surface area contributed by atoms with E-state index in [1.54, 1.807) is 20.9 Å². The number of hydrogen-bond donors (Lipinski definition) is 1. The number of nitrogens with one attached hydrogen (secondary N) is 1. The number of carbonyl (C=O) groups is 1. The van der Waals surface area contributed by atoms with E-state index in [0.717, 1.165) is 5.56 Å². The van der Waals surface area contributed by atoms with Crippen LogP contribution in [0, 0.1) is 13.8 Å². The minimum absolute atomic E-state index is 0.129. The van der Waals surface area contributed by atoms with Gasteiger partial charge >= 0.3 is 0 Å². The Morgan fingerprint density at radius 1 is 1.31 bits per heavy atom. The van der Waals surface area contributed by atoms with Crippen molar-refractivity contribution in [2.24, 2.45) is 7.05 Å². The molecule has 0 radical (unpaired) electrons. The van der Waals surface area contributed by atoms with E-state index in [1.165, 1.54) is 15.9 Å². The molecule has 0 unspecified atom stereocenters. The molecule has 26 heavy (non-hydrogen) atoms. The Hall–Kier alpha value is -2.87. The Labute approximate surface area is 153 Å². The first kappa shape index (κ1) is 16.6. The van der Waals surface area contributed by atoms with Gasteiger partial charge in [-0.2, -0.15) is 0 Å². The molecule has 1 amide bonds. The first-order valence-corrected chi connectivity index (χ1v) is 8.91. The van der Waals surface area contributed by atoms with Crippen LogP contribution < -0.4 is 20.3 Å². The van der Waals surface area contributed by atoms with Crippen LogP contribution in [0.15, 0.2) is 23.0 Å². The predicted octanol–water partition coefficient (Wildman–Crippen LogP) is 2.27. The van der Waals surface area contributed by atoms with E-state index in [9.17, 15) is 9.59 Å². The van der Waals surface area contributed by atoms with Gasteiger partial charge in [0.05, 0.1) is 10.3 Å². The number of thiophene rings is 1. The number of rotatable bonds is 3. The number of hydrogen-bond acceptors (Lipinski definition) is 6. The van der Waals surface area contributed by atoms with Crippen LogP contribution >= 0.6 is 11.3 Å². The summed E-state index contributed by atoms with van der Waals surface area (Å²) in [5.41, 5.74) is 1.45. The van der Waals surface area contributed by atoms with Crippen LogP contribution in [0.25, 0.3) is 10.2 Å². The van der Waals surface area contributed by atoms with E-state index in [4.69, 9.17) is 9.47 Å². The lowest BCUT2D eigenvalue weighted by atomic mass is 10.2. The van der Waals surface area contributed by atoms with Crippen LogP contribution in [0.3, 0.4) is 0 Å². The molecule has 1 aliphatic heterocycles. The molecule has 0 saturated carbocycles. The van der Waals surface area contributed by atoms with Gasteiger partial charge in [-0.05, 0) is 37.1 Å². The summed E-state index contributed by atoms with van der Waals surface area (Å²) >= 11 is 1.24. The molecule has 8 heteroatoms. The summed E-state index contributed by atoms with van der Waals surface area (Å²) in [6.07, 6.45) is 0. The van der Waals surface area contributed by atoms with Crippen molar-refractivity contribution in [1.82, 2.24) is 14.9 Å². The highest BCUT2D eigenvalue weighted by atomic mass is 32.1. The average molecular weight is 371 g/mol. The van der Waals surface area contributed by atoms with Gasteiger partial charge in [0.2, 0.25) is 6.79 Å². The molecule has 3 aromatic rings. The minimum atomic E-state index is -0.220. The Bertz CT molecular complexity index is 1100. The van der Waals surface area contributed by atoms with Gasteiger partial charge in [0.1, 0.15) is 10.7 Å². The zero-order chi connectivity index (χ0) is 18.4. The molecule has 1 aliphatic rings. The van der Waals surface area contributed by atoms with Gasteiger partial charge in [-0.15, -0.1) is 11.3 Å². The lowest BCUT2D eigenvalue weighted by Gasteiger charge is -2.06. The molecule has 3 heterocycles. The zero-order valence-corrected chi connectivity index (χ0v) is 15.4. The quantitative estimate of drug-likeness (QED) is 0.764. The van der Waals surface area contributed by atoms with Gasteiger partial charge in [0.15, 0.2) is 11.5 Å². The third-order valence-corrected chi connectivity index (χ3v) is 5.68. The van der Waals surface area contributed by atoms with E-state index in [1.807, 2.05) is 18.2 Å². The number of amides is 1. The third-order valence-electron chi connectivity index (χ3n) is 4.49. The summed E-state index contributed by atoms with van der Waals surface area (Å²) in [7, 11) is 1.68. The molecule has 0 saturated heterocycles. The molecule has 0 aliphatic carbocycles. The first-order valence-electron chi connectivity index (χ1n) is 8.09. The summed E-state index contributed by atoms with van der Waals surface area (Å²) in [4.78, 5) is 30.6. The van der Waals surface area contributed by atoms with Gasteiger partial charge in [-0.25, -0.2) is 4.98 Å². The minimum Gasteiger partial charge on any atom is -0.454 e. The molecule has 0 spiro atoms. The van der Waals surface area contributed by atoms with Crippen LogP contribution in [0.1, 0.15) is 26.6 Å². The maximum absolute atomic E-state index is 12.6. The lowest BCUT2D eigenvalue weighted by molar-refractivity contribution is 0.0954. The Kier molecular flexibility index (Phi) is 3.91. The Morgan fingerprint density at radius 2 is 2.08 bits per heavy atom. The topological polar surface area (TPSA) is 82.4 Å². The highest BCUT2D eigenvalue weighted by Gasteiger charge is 2.20. The van der Waals surface area contributed by atoms with Crippen molar-refractivity contribution in [1.29, 1.82) is 0 Å². The lowest BCUT2D eigenvalue weighted by Crippen LogP contribution is -2.23. The fourth-order valence-electron chi connectivity index (χ4n) is 2.90. The molecular weight excluding hydrogens is 354 g/mol. The van der Waals surface area contributed by atoms with Gasteiger partial charge < -0.3 is 14.8 Å². The largest absolute Gasteiger partial charge is 0.454 e. The molecule has 134 valence electrons. The molecule has 1 aromatic carbocycles. The Morgan fingerprint density at radius 3 is 2.88 bits per heavy atom. The normalized spacial score (nSPS) is 12.6. The van der Waals surface area contributed by atoms with Crippen molar-refractivity contribution in [2.45, 2.75) is 20.4 Å². The zero-order valence-electron chi connectivity index (χ0n) is 14.6. The van der Waals surface area contributed by atoms with Crippen LogP contribution in [0.4, 0.5) is 0 Å². The van der Waals surface area contributed by atoms with Crippen molar-refractivity contribution in [3.05, 3.63) is 50.4 Å². The molecule has 2 aromatic heterocycles. The maximum Gasteiger partial charge on any atom is 0.262 e. The van der Waals surface area contributed by atoms with Crippen LogP contribution in [0.5, 0.6) is 11.5 Å². The number of aryl methyl sites for hydroxylation is 2. The molecular formula is C18H17N3O4S. The van der Waals surface area contributed by atoms with Gasteiger partial charge in [0.25, 0.3) is 11.5 Å². The molecule has 0 bridgehead atoms. The summed E-state index contributed by atoms with van der Waals surface area (Å²) < 4.78 is 12.1. The summed E-state index contributed by atoms with van der Waals surface area (Å²) in [5.74, 6) is 1.79. The van der Waals surface area contributed by atoms with Gasteiger partial charge in [0, 0.05) is 13.6 Å². The van der Waals surface area contributed by atoms with E-state index >= 15 is 0 Å². The molecule has 0 atom stereocenters. The van der Waals surface area contributed by atoms with Gasteiger partial charge in [-0.3, -0.25) is 14.2 Å². The van der Waals surface area contributed by atoms with Crippen molar-refractivity contribution in [3.8, 4) is 11.5 Å². The monoisotopic (exact) mass is 371 g/mol. The highest BCUT2D eigenvalue weighted by molar-refractivity contribution is 7.20. The summed E-state index contributed by atoms with van der Waals surface area (Å²) in [6, 6.07) is 5.55. The summed E-state index contributed by atoms with van der Waals surface area (Å²) in [5, 5.41) is 3.41. The third kappa shape index (κ3) is 2.62. The molecule has 0 fully saturated rings. The number of ether oxygens (including phenoxy) is 2. The average Bonchev–Trinajstić information content (AvgIpc) is 3.21. The standard InChI is InChI=1S/C18H17N3O4S/c1-9-14-17(20-10(2)21(3)18(14)23)26-15(9)16(22)19-7-11-4-5-12-13(6-11)25-8-24-12/h4-6H,7-8H2,1-3H3,(H,19,22). The van der Waals surface area contributed by atoms with Crippen molar-refractivity contribution in [3.63, 3.8) is 0 Å². The van der Waals surface area contributed by atoms with E-state index < -0.39 is 0 Å². The number of benzene rings is 1. The van der Waals surface area contributed by atoms with Crippen LogP contribution in [-0.4, -0.2) is 22.3 Å². The number of carbonyl (C=O) groups excluding carboxylic acids is 1. The number of aromatic nitrogens is 2. The van der Waals surface area contributed by atoms with Crippen LogP contribution in [-0.2, 0) is 13.6 Å². The first-order chi connectivity index (χ1) is 12.5. The van der Waals surface area contributed by atoms with Crippen LogP contribution in [0.2, 0.25) is 0 Å². The fourth-order valence-corrected chi connectivity index (χ4v) is 4.03. The van der Waals surface area contributed by atoms with Gasteiger partial charge in [-0.1, -0.05) is 6.07 Å². The van der Waals surface area contributed by atoms with E-state index in [0.29, 0.717) is 44.5 Å². The van der Waals surface area contributed by atoms with E-state index in [-0.39, 0.29) is 18.3 Å². The van der Waals surface area contributed by atoms with Crippen molar-refractivity contribution < 1.29 is 14.3 Å². The number of fused-ring (bicyclic) bond motifs is 2. The number of nitrogens with zero attached hydrogens (tertiary/aromatic N) is 2. The second-order valence-corrected chi connectivity index (χ2v) is 7.13. The molecule has 7 nitrogen and oxygen atoms in total. The maximum atomic E-state index is 12.6. The smallest absolute Gasteiger partial charge is 0.262 e. The second-order valence-electron chi connectivity index (χ2n) is 6.13. The molecule has 1 N–H and O–H groups in total. The van der Waals surface area contributed by atoms with Crippen molar-refractivity contribution in [2.75, 3.05) is 6.79 Å². The SMILES string of the molecule is Cc1c(C(=O)NCc2ccc3c(c2)OCO3)sc2nc(C)n(C)c(=O)c12. The highest BCUT2D eigenvalue weighted by Crippen LogP contribution is 2.32. The predicted molar refractivity (Wildman–Crippen MR) is 98.1 cm³/mol. The van der Waals surface area contributed by atoms with Crippen molar-refractivity contribution >= 4 is 27.5 Å².